The number of hydrogen-bond acceptors (Lipinski definition) is 11. The molecule has 6 aromatic rings. The van der Waals surface area contributed by atoms with Gasteiger partial charge in [-0.3, -0.25) is 19.5 Å². The highest BCUT2D eigenvalue weighted by Crippen LogP contribution is 2.44. The number of aromatic amines is 1. The number of anilines is 2. The van der Waals surface area contributed by atoms with Crippen molar-refractivity contribution in [2.45, 2.75) is 61.3 Å². The molecule has 2 aliphatic heterocycles. The van der Waals surface area contributed by atoms with Gasteiger partial charge in [-0.05, 0) is 115 Å². The van der Waals surface area contributed by atoms with Gasteiger partial charge in [0, 0.05) is 81.0 Å². The second kappa shape index (κ2) is 18.2. The Morgan fingerprint density at radius 1 is 0.955 bits per heavy atom. The van der Waals surface area contributed by atoms with Gasteiger partial charge in [0.2, 0.25) is 0 Å². The van der Waals surface area contributed by atoms with Gasteiger partial charge in [0.15, 0.2) is 5.65 Å². The molecule has 0 saturated carbocycles. The van der Waals surface area contributed by atoms with Crippen LogP contribution in [0.25, 0.3) is 33.3 Å². The number of carbonyl (C=O) groups is 1. The van der Waals surface area contributed by atoms with Crippen LogP contribution in [0.15, 0.2) is 101 Å². The zero-order valence-electron chi connectivity index (χ0n) is 36.9. The van der Waals surface area contributed by atoms with Gasteiger partial charge in [0.25, 0.3) is 25.8 Å². The summed E-state index contributed by atoms with van der Waals surface area (Å²) in [5.74, 6) is -1.11. The molecule has 5 heterocycles. The summed E-state index contributed by atoms with van der Waals surface area (Å²) in [6, 6.07) is 19.0. The molecule has 1 amide bonds. The number of sulfonamides is 1. The Morgan fingerprint density at radius 2 is 1.70 bits per heavy atom. The molecule has 3 aliphatic rings. The number of allylic oxidation sites excluding steroid dienone is 1. The van der Waals surface area contributed by atoms with Gasteiger partial charge in [0.1, 0.15) is 10.4 Å². The van der Waals surface area contributed by atoms with Crippen LogP contribution in [0.2, 0.25) is 5.02 Å². The van der Waals surface area contributed by atoms with Gasteiger partial charge in [-0.1, -0.05) is 43.2 Å². The highest BCUT2D eigenvalue weighted by molar-refractivity contribution is 7.92. The maximum Gasteiger partial charge on any atom is 0.501 e. The summed E-state index contributed by atoms with van der Waals surface area (Å²) in [7, 11) is -11.0. The average molecular weight is 980 g/mol. The van der Waals surface area contributed by atoms with Crippen LogP contribution in [0, 0.1) is 11.3 Å². The molecule has 0 unspecified atom stereocenters. The van der Waals surface area contributed by atoms with Crippen LogP contribution in [0.3, 0.4) is 0 Å². The Hall–Kier alpha value is -5.47. The first-order valence-electron chi connectivity index (χ1n) is 22.1. The fraction of sp³-hybridized carbons (Fsp3) is 0.383. The summed E-state index contributed by atoms with van der Waals surface area (Å²) >= 11 is 6.24. The molecule has 3 N–H and O–H groups in total. The lowest BCUT2D eigenvalue weighted by molar-refractivity contribution is -0.0435. The predicted octanol–water partition coefficient (Wildman–Crippen LogP) is 8.59. The smallest absolute Gasteiger partial charge is 0.384 e. The third kappa shape index (κ3) is 9.79. The van der Waals surface area contributed by atoms with E-state index in [0.29, 0.717) is 66.9 Å². The normalized spacial score (nSPS) is 17.9. The van der Waals surface area contributed by atoms with E-state index in [1.165, 1.54) is 22.8 Å². The standard InChI is InChI=1S/C47H50ClF3N8O6S2/c1-46(2)15-11-33(38(26-46)31-3-5-34(48)6-4-31)29-57-17-19-58(20-18-57)35-7-9-37(41(24-35)59-42-23-32-12-16-52-44(32)55-40(42)28-54-59)45(60)56-67(63,64)36-8-10-39(53-27-30-13-21-65-22-14-30)43(25-36)66(61,62)47(49,50)51/h3-10,12,16,23-25,28,30,53-54H,11,13-15,17-22,26-27,29H2,1-2H3,(H,56,60). The average Bonchev–Trinajstić information content (AvgIpc) is 3.94. The number of benzene rings is 3. The van der Waals surface area contributed by atoms with Crippen molar-refractivity contribution >= 4 is 76.4 Å². The molecule has 3 aromatic heterocycles. The van der Waals surface area contributed by atoms with E-state index in [4.69, 9.17) is 16.3 Å². The van der Waals surface area contributed by atoms with E-state index in [1.807, 2.05) is 22.9 Å². The third-order valence-electron chi connectivity index (χ3n) is 13.1. The lowest BCUT2D eigenvalue weighted by Crippen LogP contribution is -2.47. The molecule has 67 heavy (non-hydrogen) atoms. The van der Waals surface area contributed by atoms with Crippen LogP contribution in [0.1, 0.15) is 61.9 Å². The van der Waals surface area contributed by atoms with Crippen molar-refractivity contribution in [3.8, 4) is 5.69 Å². The third-order valence-corrected chi connectivity index (χ3v) is 16.2. The summed E-state index contributed by atoms with van der Waals surface area (Å²) in [6.45, 7) is 9.34. The summed E-state index contributed by atoms with van der Waals surface area (Å²) in [5.41, 5.74) is 0.551. The van der Waals surface area contributed by atoms with Crippen molar-refractivity contribution in [3.05, 3.63) is 107 Å². The highest BCUT2D eigenvalue weighted by Gasteiger charge is 2.48. The number of nitrogens with zero attached hydrogens (tertiary/aromatic N) is 5. The second-order valence-corrected chi connectivity index (χ2v) is 22.3. The first-order chi connectivity index (χ1) is 31.8. The number of fused-ring (bicyclic) bond motifs is 2. The van der Waals surface area contributed by atoms with Crippen molar-refractivity contribution in [2.24, 2.45) is 11.3 Å². The van der Waals surface area contributed by atoms with Crippen LogP contribution in [0.5, 0.6) is 0 Å². The molecule has 2 saturated heterocycles. The van der Waals surface area contributed by atoms with Gasteiger partial charge in [-0.2, -0.15) is 13.2 Å². The summed E-state index contributed by atoms with van der Waals surface area (Å²) in [5, 5.41) is 7.35. The minimum absolute atomic E-state index is 0.00660. The SMILES string of the molecule is CC1(C)CCC(CN2CCN(c3ccc(C(=O)NS(=O)(=O)c4ccc(NCC5CCOCC5)c(S(=O)(=O)C(F)(F)F)c4)c(-n4[nH]cc5nc6nccc6cc54)c3)CC2)=C(c2ccc(Cl)cc2)C1. The van der Waals surface area contributed by atoms with Crippen LogP contribution in [-0.4, -0.2) is 105 Å². The maximum absolute atomic E-state index is 14.3. The number of halogens is 4. The van der Waals surface area contributed by atoms with E-state index in [2.05, 4.69) is 56.2 Å². The minimum atomic E-state index is -6.03. The summed E-state index contributed by atoms with van der Waals surface area (Å²) < 4.78 is 105. The van der Waals surface area contributed by atoms with Crippen molar-refractivity contribution in [3.63, 3.8) is 0 Å². The largest absolute Gasteiger partial charge is 0.501 e. The Kier molecular flexibility index (Phi) is 12.7. The van der Waals surface area contributed by atoms with Crippen molar-refractivity contribution < 1.29 is 39.5 Å². The number of ether oxygens (including phenoxy) is 1. The number of pyridine rings is 1. The monoisotopic (exact) mass is 978 g/mol. The van der Waals surface area contributed by atoms with Crippen molar-refractivity contribution in [2.75, 3.05) is 62.7 Å². The molecule has 9 rings (SSSR count). The first kappa shape index (κ1) is 46.6. The number of nitrogens with one attached hydrogen (secondary N) is 3. The van der Waals surface area contributed by atoms with Crippen LogP contribution >= 0.6 is 11.6 Å². The second-order valence-electron chi connectivity index (χ2n) is 18.2. The maximum atomic E-state index is 14.3. The molecule has 14 nitrogen and oxygen atoms in total. The number of H-pyrrole nitrogens is 1. The molecular weight excluding hydrogens is 929 g/mol. The summed E-state index contributed by atoms with van der Waals surface area (Å²) in [6.07, 6.45) is 7.55. The minimum Gasteiger partial charge on any atom is -0.384 e. The lowest BCUT2D eigenvalue weighted by Gasteiger charge is -2.39. The quantitative estimate of drug-likeness (QED) is 0.107. The number of piperazine rings is 1. The molecule has 354 valence electrons. The van der Waals surface area contributed by atoms with Gasteiger partial charge in [-0.15, -0.1) is 0 Å². The van der Waals surface area contributed by atoms with Gasteiger partial charge < -0.3 is 15.0 Å². The Balaban J connectivity index is 1.00. The van der Waals surface area contributed by atoms with E-state index in [-0.39, 0.29) is 29.1 Å². The molecule has 0 spiro atoms. The number of alkyl halides is 3. The summed E-state index contributed by atoms with van der Waals surface area (Å²) in [4.78, 5) is 25.7. The topological polar surface area (TPSA) is 172 Å². The van der Waals surface area contributed by atoms with Crippen LogP contribution < -0.4 is 14.9 Å². The zero-order valence-corrected chi connectivity index (χ0v) is 39.3. The highest BCUT2D eigenvalue weighted by atomic mass is 35.5. The number of sulfone groups is 1. The van der Waals surface area contributed by atoms with E-state index < -0.39 is 46.8 Å². The van der Waals surface area contributed by atoms with Gasteiger partial charge >= 0.3 is 5.51 Å². The van der Waals surface area contributed by atoms with Crippen LogP contribution in [0.4, 0.5) is 24.5 Å². The Labute approximate surface area is 391 Å². The molecule has 3 aromatic carbocycles. The van der Waals surface area contributed by atoms with Gasteiger partial charge in [0.05, 0.1) is 27.4 Å². The van der Waals surface area contributed by atoms with E-state index >= 15 is 0 Å². The van der Waals surface area contributed by atoms with Crippen molar-refractivity contribution in [1.82, 2.24) is 29.4 Å². The molecular formula is C47H50ClF3N8O6S2. The van der Waals surface area contributed by atoms with Crippen molar-refractivity contribution in [1.29, 1.82) is 0 Å². The number of aromatic nitrogens is 4. The molecule has 1 aliphatic carbocycles. The fourth-order valence-corrected chi connectivity index (χ4v) is 11.4. The number of hydrogen-bond donors (Lipinski definition) is 3. The fourth-order valence-electron chi connectivity index (χ4n) is 9.21. The number of rotatable bonds is 12. The number of amides is 1. The van der Waals surface area contributed by atoms with E-state index in [0.717, 1.165) is 62.1 Å². The Morgan fingerprint density at radius 3 is 2.43 bits per heavy atom. The molecule has 20 heteroatoms. The Bertz CT molecular complexity index is 3100. The van der Waals surface area contributed by atoms with E-state index in [1.54, 1.807) is 35.3 Å². The molecule has 0 atom stereocenters. The van der Waals surface area contributed by atoms with Crippen LogP contribution in [-0.2, 0) is 24.6 Å². The lowest BCUT2D eigenvalue weighted by atomic mass is 9.72. The first-order valence-corrected chi connectivity index (χ1v) is 25.4. The molecule has 2 fully saturated rings. The van der Waals surface area contributed by atoms with E-state index in [9.17, 15) is 34.8 Å². The van der Waals surface area contributed by atoms with Gasteiger partial charge in [-0.25, -0.2) is 31.5 Å². The predicted molar refractivity (Wildman–Crippen MR) is 252 cm³/mol. The number of carbonyl (C=O) groups excluding carboxylic acids is 1. The molecule has 0 radical (unpaired) electrons. The zero-order chi connectivity index (χ0) is 47.3. The molecule has 0 bridgehead atoms.